The zero-order valence-electron chi connectivity index (χ0n) is 13.7. The predicted octanol–water partition coefficient (Wildman–Crippen LogP) is 2.13. The number of aliphatic hydroxyl groups excluding tert-OH is 1. The molecule has 1 atom stereocenters. The number of hydrogen-bond acceptors (Lipinski definition) is 4. The summed E-state index contributed by atoms with van der Waals surface area (Å²) in [6.07, 6.45) is 0.0778. The van der Waals surface area contributed by atoms with Crippen molar-refractivity contribution in [1.82, 2.24) is 14.7 Å². The van der Waals surface area contributed by atoms with Crippen LogP contribution in [0.15, 0.2) is 24.3 Å². The van der Waals surface area contributed by atoms with Crippen LogP contribution in [0.5, 0.6) is 5.75 Å². The highest BCUT2D eigenvalue weighted by molar-refractivity contribution is 5.97. The van der Waals surface area contributed by atoms with E-state index in [1.54, 1.807) is 17.9 Å². The van der Waals surface area contributed by atoms with Crippen LogP contribution in [0.3, 0.4) is 0 Å². The van der Waals surface area contributed by atoms with Crippen LogP contribution in [-0.4, -0.2) is 39.3 Å². The summed E-state index contributed by atoms with van der Waals surface area (Å²) in [5.74, 6) is -0.404. The molecule has 2 heterocycles. The van der Waals surface area contributed by atoms with Gasteiger partial charge in [-0.2, -0.15) is 5.10 Å². The van der Waals surface area contributed by atoms with Crippen LogP contribution in [0, 0.1) is 5.82 Å². The standard InChI is InChI=1S/C17H20FN3O3/c1-11(22)15-9-13-10-20(6-3-7-21(13)19-15)17(23)14-8-12(18)4-5-16(14)24-2/h4-5,8-9,11,22H,3,6-7,10H2,1-2H3. The molecule has 1 unspecified atom stereocenters. The van der Waals surface area contributed by atoms with E-state index in [4.69, 9.17) is 4.74 Å². The number of aryl methyl sites for hydroxylation is 1. The topological polar surface area (TPSA) is 67.6 Å². The third-order valence-electron chi connectivity index (χ3n) is 4.14. The number of amides is 1. The average Bonchev–Trinajstić information content (AvgIpc) is 2.86. The first-order valence-electron chi connectivity index (χ1n) is 7.87. The van der Waals surface area contributed by atoms with Gasteiger partial charge in [-0.3, -0.25) is 9.48 Å². The summed E-state index contributed by atoms with van der Waals surface area (Å²) in [6, 6.07) is 5.72. The first-order chi connectivity index (χ1) is 11.5. The zero-order valence-corrected chi connectivity index (χ0v) is 13.7. The van der Waals surface area contributed by atoms with Crippen LogP contribution in [0.2, 0.25) is 0 Å². The van der Waals surface area contributed by atoms with Gasteiger partial charge in [0.25, 0.3) is 5.91 Å². The Balaban J connectivity index is 1.89. The number of ether oxygens (including phenoxy) is 1. The van der Waals surface area contributed by atoms with Crippen molar-refractivity contribution in [1.29, 1.82) is 0 Å². The van der Waals surface area contributed by atoms with Crippen molar-refractivity contribution in [2.24, 2.45) is 0 Å². The fourth-order valence-corrected chi connectivity index (χ4v) is 2.88. The number of methoxy groups -OCH3 is 1. The maximum atomic E-state index is 13.6. The second-order valence-corrected chi connectivity index (χ2v) is 5.88. The van der Waals surface area contributed by atoms with E-state index < -0.39 is 11.9 Å². The van der Waals surface area contributed by atoms with Gasteiger partial charge in [0.1, 0.15) is 11.6 Å². The molecule has 0 bridgehead atoms. The predicted molar refractivity (Wildman–Crippen MR) is 85.2 cm³/mol. The Hall–Kier alpha value is -2.41. The molecule has 128 valence electrons. The number of hydrogen-bond donors (Lipinski definition) is 1. The molecule has 1 aromatic carbocycles. The van der Waals surface area contributed by atoms with Crippen molar-refractivity contribution in [2.45, 2.75) is 32.5 Å². The van der Waals surface area contributed by atoms with Crippen molar-refractivity contribution in [3.63, 3.8) is 0 Å². The summed E-state index contributed by atoms with van der Waals surface area (Å²) in [4.78, 5) is 14.5. The minimum atomic E-state index is -0.656. The van der Waals surface area contributed by atoms with E-state index in [2.05, 4.69) is 5.10 Å². The highest BCUT2D eigenvalue weighted by Gasteiger charge is 2.24. The van der Waals surface area contributed by atoms with Gasteiger partial charge in [-0.1, -0.05) is 0 Å². The average molecular weight is 333 g/mol. The van der Waals surface area contributed by atoms with Gasteiger partial charge in [-0.05, 0) is 37.6 Å². The van der Waals surface area contributed by atoms with Gasteiger partial charge in [0.15, 0.2) is 0 Å². The van der Waals surface area contributed by atoms with E-state index in [-0.39, 0.29) is 11.5 Å². The fraction of sp³-hybridized carbons (Fsp3) is 0.412. The number of aliphatic hydroxyl groups is 1. The highest BCUT2D eigenvalue weighted by atomic mass is 19.1. The van der Waals surface area contributed by atoms with E-state index in [1.807, 2.05) is 4.68 Å². The van der Waals surface area contributed by atoms with E-state index in [1.165, 1.54) is 25.3 Å². The number of benzene rings is 1. The van der Waals surface area contributed by atoms with Crippen molar-refractivity contribution in [2.75, 3.05) is 13.7 Å². The van der Waals surface area contributed by atoms with Crippen LogP contribution in [-0.2, 0) is 13.1 Å². The maximum Gasteiger partial charge on any atom is 0.258 e. The smallest absolute Gasteiger partial charge is 0.258 e. The molecular formula is C17H20FN3O3. The molecule has 24 heavy (non-hydrogen) atoms. The second-order valence-electron chi connectivity index (χ2n) is 5.88. The van der Waals surface area contributed by atoms with Crippen molar-refractivity contribution in [3.8, 4) is 5.75 Å². The molecule has 1 aliphatic heterocycles. The summed E-state index contributed by atoms with van der Waals surface area (Å²) in [5, 5.41) is 14.0. The van der Waals surface area contributed by atoms with Crippen LogP contribution in [0.4, 0.5) is 4.39 Å². The van der Waals surface area contributed by atoms with Crippen LogP contribution >= 0.6 is 0 Å². The monoisotopic (exact) mass is 333 g/mol. The lowest BCUT2D eigenvalue weighted by molar-refractivity contribution is 0.0742. The molecule has 6 nitrogen and oxygen atoms in total. The molecule has 0 spiro atoms. The number of fused-ring (bicyclic) bond motifs is 1. The minimum Gasteiger partial charge on any atom is -0.496 e. The molecule has 0 saturated carbocycles. The quantitative estimate of drug-likeness (QED) is 0.934. The summed E-state index contributed by atoms with van der Waals surface area (Å²) in [5.41, 5.74) is 1.65. The van der Waals surface area contributed by atoms with E-state index in [0.717, 1.165) is 12.1 Å². The summed E-state index contributed by atoms with van der Waals surface area (Å²) in [6.45, 7) is 3.24. The lowest BCUT2D eigenvalue weighted by Gasteiger charge is -2.21. The number of carbonyl (C=O) groups excluding carboxylic acids is 1. The van der Waals surface area contributed by atoms with Gasteiger partial charge in [0.2, 0.25) is 0 Å². The first kappa shape index (κ1) is 16.4. The van der Waals surface area contributed by atoms with Crippen LogP contribution < -0.4 is 4.74 Å². The second kappa shape index (κ2) is 6.60. The first-order valence-corrected chi connectivity index (χ1v) is 7.87. The van der Waals surface area contributed by atoms with Crippen molar-refractivity contribution in [3.05, 3.63) is 47.0 Å². The summed E-state index contributed by atoms with van der Waals surface area (Å²) < 4.78 is 20.6. The lowest BCUT2D eigenvalue weighted by Crippen LogP contribution is -2.31. The number of rotatable bonds is 3. The summed E-state index contributed by atoms with van der Waals surface area (Å²) >= 11 is 0. The van der Waals surface area contributed by atoms with Crippen molar-refractivity contribution >= 4 is 5.91 Å². The number of carbonyl (C=O) groups is 1. The van der Waals surface area contributed by atoms with Crippen molar-refractivity contribution < 1.29 is 19.0 Å². The normalized spacial score (nSPS) is 15.6. The number of nitrogens with zero attached hydrogens (tertiary/aromatic N) is 3. The van der Waals surface area contributed by atoms with E-state index in [9.17, 15) is 14.3 Å². The van der Waals surface area contributed by atoms with Gasteiger partial charge in [-0.15, -0.1) is 0 Å². The van der Waals surface area contributed by atoms with Gasteiger partial charge >= 0.3 is 0 Å². The van der Waals surface area contributed by atoms with Gasteiger partial charge < -0.3 is 14.7 Å². The Bertz CT molecular complexity index is 758. The van der Waals surface area contributed by atoms with Gasteiger partial charge in [0, 0.05) is 13.1 Å². The molecule has 7 heteroatoms. The molecule has 1 aliphatic rings. The minimum absolute atomic E-state index is 0.209. The molecule has 1 aromatic heterocycles. The Kier molecular flexibility index (Phi) is 4.53. The molecule has 2 aromatic rings. The lowest BCUT2D eigenvalue weighted by atomic mass is 10.1. The Morgan fingerprint density at radius 3 is 2.88 bits per heavy atom. The zero-order chi connectivity index (χ0) is 17.3. The molecule has 0 radical (unpaired) electrons. The largest absolute Gasteiger partial charge is 0.496 e. The van der Waals surface area contributed by atoms with Gasteiger partial charge in [0.05, 0.1) is 36.7 Å². The molecule has 3 rings (SSSR count). The molecule has 1 amide bonds. The van der Waals surface area contributed by atoms with E-state index in [0.29, 0.717) is 31.1 Å². The molecular weight excluding hydrogens is 313 g/mol. The summed E-state index contributed by atoms with van der Waals surface area (Å²) in [7, 11) is 1.45. The van der Waals surface area contributed by atoms with Crippen LogP contribution in [0.25, 0.3) is 0 Å². The third kappa shape index (κ3) is 3.12. The number of aromatic nitrogens is 2. The molecule has 0 saturated heterocycles. The Morgan fingerprint density at radius 1 is 1.38 bits per heavy atom. The Labute approximate surface area is 139 Å². The van der Waals surface area contributed by atoms with Crippen LogP contribution in [0.1, 0.15) is 41.2 Å². The SMILES string of the molecule is COc1ccc(F)cc1C(=O)N1CCCn2nc(C(C)O)cc2C1. The van der Waals surface area contributed by atoms with Gasteiger partial charge in [-0.25, -0.2) is 4.39 Å². The molecule has 0 fully saturated rings. The fourth-order valence-electron chi connectivity index (χ4n) is 2.88. The molecule has 1 N–H and O–H groups in total. The highest BCUT2D eigenvalue weighted by Crippen LogP contribution is 2.24. The third-order valence-corrected chi connectivity index (χ3v) is 4.14. The molecule has 0 aliphatic carbocycles. The number of halogens is 1. The maximum absolute atomic E-state index is 13.6. The Morgan fingerprint density at radius 2 is 2.17 bits per heavy atom. The van der Waals surface area contributed by atoms with E-state index >= 15 is 0 Å².